The van der Waals surface area contributed by atoms with Crippen LogP contribution in [0.25, 0.3) is 0 Å². The summed E-state index contributed by atoms with van der Waals surface area (Å²) < 4.78 is 0. The maximum Gasteiger partial charge on any atom is 0.326 e. The number of hydrogen-bond acceptors (Lipinski definition) is 6. The van der Waals surface area contributed by atoms with Crippen LogP contribution in [-0.4, -0.2) is 76.9 Å². The number of likely N-dealkylation sites (tertiary alicyclic amines) is 1. The summed E-state index contributed by atoms with van der Waals surface area (Å²) in [6, 6.07) is -3.56. The van der Waals surface area contributed by atoms with E-state index in [-0.39, 0.29) is 30.8 Å². The van der Waals surface area contributed by atoms with E-state index in [0.717, 1.165) is 0 Å². The van der Waals surface area contributed by atoms with E-state index in [1.807, 2.05) is 27.7 Å². The quantitative estimate of drug-likeness (QED) is 0.104. The lowest BCUT2D eigenvalue weighted by Crippen LogP contribution is -2.57. The molecule has 0 radical (unpaired) electrons. The number of carbonyl (C=O) groups excluding carboxylic acids is 3. The van der Waals surface area contributed by atoms with Gasteiger partial charge in [0.05, 0.1) is 6.04 Å². The van der Waals surface area contributed by atoms with Gasteiger partial charge in [-0.2, -0.15) is 0 Å². The van der Waals surface area contributed by atoms with Gasteiger partial charge in [-0.1, -0.05) is 34.1 Å². The van der Waals surface area contributed by atoms with Gasteiger partial charge in [-0.05, 0) is 43.9 Å². The van der Waals surface area contributed by atoms with Gasteiger partial charge < -0.3 is 37.8 Å². The molecule has 0 spiro atoms. The first kappa shape index (κ1) is 30.1. The van der Waals surface area contributed by atoms with E-state index in [9.17, 15) is 24.3 Å². The van der Waals surface area contributed by atoms with Crippen molar-refractivity contribution in [2.24, 2.45) is 34.0 Å². The van der Waals surface area contributed by atoms with Gasteiger partial charge in [0.2, 0.25) is 17.7 Å². The second kappa shape index (κ2) is 14.5. The van der Waals surface area contributed by atoms with Crippen LogP contribution in [0.15, 0.2) is 4.99 Å². The van der Waals surface area contributed by atoms with E-state index in [4.69, 9.17) is 17.2 Å². The molecule has 1 aliphatic heterocycles. The van der Waals surface area contributed by atoms with Crippen molar-refractivity contribution in [3.05, 3.63) is 0 Å². The maximum absolute atomic E-state index is 13.3. The second-order valence-electron chi connectivity index (χ2n) is 9.64. The molecular formula is C23H43N7O5. The summed E-state index contributed by atoms with van der Waals surface area (Å²) in [5.41, 5.74) is 16.8. The van der Waals surface area contributed by atoms with Gasteiger partial charge in [0, 0.05) is 13.1 Å². The molecule has 3 amide bonds. The largest absolute Gasteiger partial charge is 0.480 e. The molecule has 200 valence electrons. The van der Waals surface area contributed by atoms with E-state index >= 15 is 0 Å². The van der Waals surface area contributed by atoms with Crippen LogP contribution in [0.5, 0.6) is 0 Å². The lowest BCUT2D eigenvalue weighted by atomic mass is 9.97. The van der Waals surface area contributed by atoms with E-state index in [1.165, 1.54) is 4.90 Å². The summed E-state index contributed by atoms with van der Waals surface area (Å²) in [4.78, 5) is 56.0. The monoisotopic (exact) mass is 497 g/mol. The molecule has 0 saturated carbocycles. The zero-order chi connectivity index (χ0) is 26.7. The molecule has 1 fully saturated rings. The molecule has 0 aromatic carbocycles. The Bertz CT molecular complexity index is 769. The van der Waals surface area contributed by atoms with Gasteiger partial charge in [-0.15, -0.1) is 0 Å². The summed E-state index contributed by atoms with van der Waals surface area (Å²) in [5, 5.41) is 15.0. The van der Waals surface area contributed by atoms with Crippen LogP contribution in [0.3, 0.4) is 0 Å². The molecule has 0 aliphatic carbocycles. The van der Waals surface area contributed by atoms with Gasteiger partial charge >= 0.3 is 5.97 Å². The summed E-state index contributed by atoms with van der Waals surface area (Å²) in [6.07, 6.45) is 2.58. The average molecular weight is 498 g/mol. The number of carboxylic acids is 1. The molecule has 12 nitrogen and oxygen atoms in total. The maximum atomic E-state index is 13.3. The minimum atomic E-state index is -1.08. The van der Waals surface area contributed by atoms with Crippen LogP contribution in [0, 0.1) is 11.8 Å². The van der Waals surface area contributed by atoms with Gasteiger partial charge in [0.1, 0.15) is 18.1 Å². The highest BCUT2D eigenvalue weighted by Crippen LogP contribution is 2.20. The molecule has 9 N–H and O–H groups in total. The van der Waals surface area contributed by atoms with E-state index in [1.54, 1.807) is 0 Å². The zero-order valence-corrected chi connectivity index (χ0v) is 21.3. The van der Waals surface area contributed by atoms with Crippen LogP contribution < -0.4 is 27.8 Å². The van der Waals surface area contributed by atoms with Crippen LogP contribution in [0.4, 0.5) is 0 Å². The molecule has 5 unspecified atom stereocenters. The van der Waals surface area contributed by atoms with Crippen molar-refractivity contribution in [2.75, 3.05) is 13.1 Å². The topological polar surface area (TPSA) is 206 Å². The molecule has 1 aliphatic rings. The third kappa shape index (κ3) is 9.71. The number of nitrogens with one attached hydrogen (secondary N) is 2. The molecule has 0 aromatic heterocycles. The smallest absolute Gasteiger partial charge is 0.326 e. The highest BCUT2D eigenvalue weighted by molar-refractivity contribution is 5.94. The number of carboxylic acid groups (broad SMARTS) is 1. The van der Waals surface area contributed by atoms with Gasteiger partial charge in [0.15, 0.2) is 5.96 Å². The summed E-state index contributed by atoms with van der Waals surface area (Å²) in [7, 11) is 0. The highest BCUT2D eigenvalue weighted by atomic mass is 16.4. The first-order chi connectivity index (χ1) is 16.4. The Kier molecular flexibility index (Phi) is 12.5. The predicted octanol–water partition coefficient (Wildman–Crippen LogP) is -0.495. The van der Waals surface area contributed by atoms with Crippen LogP contribution in [0.1, 0.15) is 66.2 Å². The number of aliphatic imine (C=N–C) groups is 1. The third-order valence-corrected chi connectivity index (χ3v) is 6.28. The summed E-state index contributed by atoms with van der Waals surface area (Å²) in [5.74, 6) is -2.57. The number of rotatable bonds is 14. The zero-order valence-electron chi connectivity index (χ0n) is 21.3. The van der Waals surface area contributed by atoms with Crippen molar-refractivity contribution in [1.29, 1.82) is 0 Å². The van der Waals surface area contributed by atoms with Crippen molar-refractivity contribution in [2.45, 2.75) is 90.4 Å². The molecule has 1 heterocycles. The second-order valence-corrected chi connectivity index (χ2v) is 9.64. The SMILES string of the molecule is CCC(C)C(N)C(=O)NC(CC(C)C)C(=O)NC(CCCN=C(N)N)C(=O)N1CCCC1C(=O)O. The molecule has 35 heavy (non-hydrogen) atoms. The number of aliphatic carboxylic acids is 1. The molecule has 0 bridgehead atoms. The number of hydrogen-bond donors (Lipinski definition) is 6. The standard InChI is InChI=1S/C23H43N7O5/c1-5-14(4)18(24)20(32)29-16(12-13(2)3)19(31)28-15(8-6-10-27-23(25)26)21(33)30-11-7-9-17(30)22(34)35/h13-18H,5-12,24H2,1-4H3,(H,28,31)(H,29,32)(H,34,35)(H4,25,26,27). The predicted molar refractivity (Wildman–Crippen MR) is 133 cm³/mol. The Labute approximate surface area is 207 Å². The van der Waals surface area contributed by atoms with Crippen molar-refractivity contribution >= 4 is 29.7 Å². The fourth-order valence-electron chi connectivity index (χ4n) is 4.00. The summed E-state index contributed by atoms with van der Waals surface area (Å²) >= 11 is 0. The Balaban J connectivity index is 3.05. The molecule has 1 rings (SSSR count). The van der Waals surface area contributed by atoms with Crippen LogP contribution in [-0.2, 0) is 19.2 Å². The normalized spacial score (nSPS) is 18.9. The minimum Gasteiger partial charge on any atom is -0.480 e. The number of guanidine groups is 1. The van der Waals surface area contributed by atoms with Crippen molar-refractivity contribution in [1.82, 2.24) is 15.5 Å². The molecule has 5 atom stereocenters. The fourth-order valence-corrected chi connectivity index (χ4v) is 4.00. The molecule has 0 aromatic rings. The van der Waals surface area contributed by atoms with Crippen LogP contribution >= 0.6 is 0 Å². The summed E-state index contributed by atoms with van der Waals surface area (Å²) in [6.45, 7) is 8.17. The van der Waals surface area contributed by atoms with Crippen molar-refractivity contribution in [3.8, 4) is 0 Å². The third-order valence-electron chi connectivity index (χ3n) is 6.28. The number of amides is 3. The van der Waals surface area contributed by atoms with Gasteiger partial charge in [0.25, 0.3) is 0 Å². The fraction of sp³-hybridized carbons (Fsp3) is 0.783. The van der Waals surface area contributed by atoms with Gasteiger partial charge in [-0.25, -0.2) is 4.79 Å². The number of nitrogens with two attached hydrogens (primary N) is 3. The van der Waals surface area contributed by atoms with Crippen LogP contribution in [0.2, 0.25) is 0 Å². The minimum absolute atomic E-state index is 0.0641. The molecular weight excluding hydrogens is 454 g/mol. The number of nitrogens with zero attached hydrogens (tertiary/aromatic N) is 2. The Morgan fingerprint density at radius 2 is 1.71 bits per heavy atom. The highest BCUT2D eigenvalue weighted by Gasteiger charge is 2.38. The first-order valence-electron chi connectivity index (χ1n) is 12.3. The Hall–Kier alpha value is -2.89. The first-order valence-corrected chi connectivity index (χ1v) is 12.3. The van der Waals surface area contributed by atoms with Crippen molar-refractivity contribution < 1.29 is 24.3 Å². The molecule has 12 heteroatoms. The van der Waals surface area contributed by atoms with E-state index in [0.29, 0.717) is 38.6 Å². The van der Waals surface area contributed by atoms with Crippen molar-refractivity contribution in [3.63, 3.8) is 0 Å². The number of carbonyl (C=O) groups is 4. The average Bonchev–Trinajstić information content (AvgIpc) is 3.28. The molecule has 1 saturated heterocycles. The van der Waals surface area contributed by atoms with E-state index < -0.39 is 47.9 Å². The lowest BCUT2D eigenvalue weighted by Gasteiger charge is -2.29. The Morgan fingerprint density at radius 1 is 1.09 bits per heavy atom. The lowest BCUT2D eigenvalue weighted by molar-refractivity contribution is -0.149. The van der Waals surface area contributed by atoms with Gasteiger partial charge in [-0.3, -0.25) is 19.4 Å². The Morgan fingerprint density at radius 3 is 2.26 bits per heavy atom. The van der Waals surface area contributed by atoms with E-state index in [2.05, 4.69) is 15.6 Å².